The Morgan fingerprint density at radius 1 is 0.319 bits per heavy atom. The molecule has 0 spiro atoms. The third kappa shape index (κ3) is 10.0. The first-order chi connectivity index (χ1) is 35.1. The monoisotopic (exact) mass is 1120 g/mol. The maximum Gasteiger partial charge on any atom is 3.00 e. The van der Waals surface area contributed by atoms with Crippen molar-refractivity contribution in [3.05, 3.63) is 271 Å². The molecule has 3 nitrogen and oxygen atoms in total. The molecule has 0 N–H and O–H groups in total. The topological polar surface area (TPSA) is 38.7 Å². The van der Waals surface area contributed by atoms with E-state index in [1.807, 2.05) is 78.5 Å². The minimum absolute atomic E-state index is 0. The van der Waals surface area contributed by atoms with E-state index >= 15 is 0 Å². The van der Waals surface area contributed by atoms with Gasteiger partial charge in [-0.05, 0) is 105 Å². The van der Waals surface area contributed by atoms with Crippen molar-refractivity contribution >= 4 is 31.5 Å². The summed E-state index contributed by atoms with van der Waals surface area (Å²) in [5.74, 6) is 0. The quantitative estimate of drug-likeness (QED) is 0.108. The summed E-state index contributed by atoms with van der Waals surface area (Å²) in [7, 11) is 0. The Bertz CT molecular complexity index is 3680. The Balaban J connectivity index is 0.00000560. The van der Waals surface area contributed by atoms with Crippen LogP contribution in [0.3, 0.4) is 0 Å². The molecule has 0 aliphatic carbocycles. The van der Waals surface area contributed by atoms with Gasteiger partial charge in [0.25, 0.3) is 0 Å². The Morgan fingerprint density at radius 3 is 1.47 bits per heavy atom. The number of aryl methyl sites for hydroxylation is 4. The summed E-state index contributed by atoms with van der Waals surface area (Å²) < 4.78 is 2.55. The first-order valence-corrected chi connectivity index (χ1v) is 25.0. The maximum absolute atomic E-state index is 4.76. The van der Waals surface area contributed by atoms with Crippen LogP contribution in [0.5, 0.6) is 0 Å². The number of hydrogen-bond acceptors (Lipinski definition) is 4. The fourth-order valence-corrected chi connectivity index (χ4v) is 10.8. The Labute approximate surface area is 439 Å². The molecule has 0 unspecified atom stereocenters. The van der Waals surface area contributed by atoms with E-state index in [0.717, 1.165) is 81.7 Å². The maximum atomic E-state index is 4.76. The number of aromatic nitrogens is 3. The molecule has 344 valence electrons. The first kappa shape index (κ1) is 46.5. The van der Waals surface area contributed by atoms with Gasteiger partial charge in [-0.15, -0.1) is 106 Å². The Morgan fingerprint density at radius 2 is 0.875 bits per heavy atom. The van der Waals surface area contributed by atoms with Crippen LogP contribution < -0.4 is 0 Å². The van der Waals surface area contributed by atoms with E-state index in [0.29, 0.717) is 0 Å². The third-order valence-corrected chi connectivity index (χ3v) is 14.5. The molecule has 0 radical (unpaired) electrons. The molecule has 12 rings (SSSR count). The normalized spacial score (nSPS) is 11.2. The van der Waals surface area contributed by atoms with Gasteiger partial charge in [-0.25, -0.2) is 0 Å². The second-order valence-electron chi connectivity index (χ2n) is 18.0. The number of hydrogen-bond donors (Lipinski definition) is 0. The molecule has 0 saturated carbocycles. The average Bonchev–Trinajstić information content (AvgIpc) is 3.82. The van der Waals surface area contributed by atoms with Gasteiger partial charge in [-0.2, -0.15) is 0 Å². The summed E-state index contributed by atoms with van der Waals surface area (Å²) in [6.45, 7) is 0. The van der Waals surface area contributed by atoms with Crippen molar-refractivity contribution in [3.63, 3.8) is 0 Å². The number of nitrogens with zero attached hydrogens (tertiary/aromatic N) is 3. The number of pyridine rings is 3. The molecule has 12 aromatic rings. The molecular weight excluding hydrogens is 1070 g/mol. The second kappa shape index (κ2) is 21.2. The van der Waals surface area contributed by atoms with Gasteiger partial charge >= 0.3 is 20.1 Å². The van der Waals surface area contributed by atoms with Crippen LogP contribution in [-0.4, -0.2) is 15.0 Å². The smallest absolute Gasteiger partial charge is 0.305 e. The fraction of sp³-hybridized carbons (Fsp3) is 0.0597. The van der Waals surface area contributed by atoms with E-state index in [2.05, 4.69) is 192 Å². The van der Waals surface area contributed by atoms with Crippen LogP contribution in [0.25, 0.3) is 98.5 Å². The zero-order chi connectivity index (χ0) is 47.3. The van der Waals surface area contributed by atoms with E-state index in [4.69, 9.17) is 4.98 Å². The van der Waals surface area contributed by atoms with Gasteiger partial charge in [0, 0.05) is 38.8 Å². The van der Waals surface area contributed by atoms with Crippen molar-refractivity contribution in [2.45, 2.75) is 25.7 Å². The van der Waals surface area contributed by atoms with Crippen molar-refractivity contribution in [2.75, 3.05) is 0 Å². The van der Waals surface area contributed by atoms with Crippen molar-refractivity contribution < 1.29 is 20.1 Å². The van der Waals surface area contributed by atoms with Crippen LogP contribution in [0.1, 0.15) is 22.3 Å². The molecule has 4 heterocycles. The summed E-state index contributed by atoms with van der Waals surface area (Å²) >= 11 is 1.86. The predicted molar refractivity (Wildman–Crippen MR) is 295 cm³/mol. The molecule has 0 amide bonds. The Hall–Kier alpha value is -7.92. The van der Waals surface area contributed by atoms with Gasteiger partial charge in [-0.3, -0.25) is 0 Å². The van der Waals surface area contributed by atoms with E-state index < -0.39 is 0 Å². The molecular formula is C67H46IrN3S. The number of fused-ring (bicyclic) bond motifs is 3. The van der Waals surface area contributed by atoms with E-state index in [1.54, 1.807) is 0 Å². The SMILES string of the molecule is [Ir+3].[c-]1cc(CCc2cc(CCc3c[c-]c(-c4ccccn4)cc3)cc(-c3ccccc3-c3c[c-]c(-c4ccccn4)cc3-c3ccc4c(c3)sc3ccc(-c5ccccc5)cc34)c2)ccc1-c1ccccn1. The van der Waals surface area contributed by atoms with Crippen LogP contribution in [0.4, 0.5) is 0 Å². The summed E-state index contributed by atoms with van der Waals surface area (Å²) in [5, 5.41) is 2.56. The molecule has 0 atom stereocenters. The van der Waals surface area contributed by atoms with Crippen LogP contribution in [0.15, 0.2) is 231 Å². The number of benzene rings is 8. The minimum Gasteiger partial charge on any atom is -0.305 e. The van der Waals surface area contributed by atoms with E-state index in [9.17, 15) is 0 Å². The average molecular weight is 1120 g/mol. The molecule has 0 bridgehead atoms. The van der Waals surface area contributed by atoms with Gasteiger partial charge in [0.1, 0.15) is 0 Å². The molecule has 0 aliphatic rings. The van der Waals surface area contributed by atoms with Gasteiger partial charge in [0.2, 0.25) is 0 Å². The minimum atomic E-state index is 0. The van der Waals surface area contributed by atoms with Crippen LogP contribution in [0.2, 0.25) is 0 Å². The van der Waals surface area contributed by atoms with E-state index in [-0.39, 0.29) is 20.1 Å². The summed E-state index contributed by atoms with van der Waals surface area (Å²) in [6.07, 6.45) is 9.11. The summed E-state index contributed by atoms with van der Waals surface area (Å²) in [5.41, 5.74) is 20.3. The molecule has 5 heteroatoms. The van der Waals surface area contributed by atoms with Crippen molar-refractivity contribution in [1.82, 2.24) is 15.0 Å². The van der Waals surface area contributed by atoms with Crippen LogP contribution in [0, 0.1) is 18.2 Å². The van der Waals surface area contributed by atoms with Gasteiger partial charge < -0.3 is 15.0 Å². The fourth-order valence-electron chi connectivity index (χ4n) is 9.72. The first-order valence-electron chi connectivity index (χ1n) is 24.2. The Kier molecular flexibility index (Phi) is 13.7. The van der Waals surface area contributed by atoms with E-state index in [1.165, 1.54) is 64.7 Å². The third-order valence-electron chi connectivity index (χ3n) is 13.4. The molecule has 0 aliphatic heterocycles. The van der Waals surface area contributed by atoms with Crippen molar-refractivity contribution in [3.8, 4) is 78.3 Å². The standard InChI is InChI=1S/C67H46N3S.Ir/c1-2-12-50(13-3-1)53-33-36-66-62(43-53)60-35-31-54(45-67(60)71-66)61-44-55(65-18-8-11-39-70-65)32-34-59(61)58-15-5-4-14-57(58)56-41-48(21-19-46-23-27-51(28-24-46)63-16-6-9-37-68-63)40-49(42-56)22-20-47-25-29-52(30-26-47)64-17-7-10-38-69-64;/h1-18,23-27,29,31,33-45H,19-22H2;/q-3;+3. The zero-order valence-electron chi connectivity index (χ0n) is 39.4. The second-order valence-corrected chi connectivity index (χ2v) is 19.1. The summed E-state index contributed by atoms with van der Waals surface area (Å²) in [6, 6.07) is 86.8. The molecule has 4 aromatic heterocycles. The van der Waals surface area contributed by atoms with Crippen molar-refractivity contribution in [2.24, 2.45) is 0 Å². The summed E-state index contributed by atoms with van der Waals surface area (Å²) in [4.78, 5) is 13.8. The predicted octanol–water partition coefficient (Wildman–Crippen LogP) is 16.9. The van der Waals surface area contributed by atoms with Gasteiger partial charge in [0.15, 0.2) is 0 Å². The molecule has 8 aromatic carbocycles. The van der Waals surface area contributed by atoms with Crippen LogP contribution in [-0.2, 0) is 45.8 Å². The molecule has 0 saturated heterocycles. The molecule has 0 fully saturated rings. The molecule has 72 heavy (non-hydrogen) atoms. The number of thiophene rings is 1. The largest absolute Gasteiger partial charge is 3.00 e. The van der Waals surface area contributed by atoms with Gasteiger partial charge in [-0.1, -0.05) is 157 Å². The van der Waals surface area contributed by atoms with Crippen molar-refractivity contribution in [1.29, 1.82) is 0 Å². The zero-order valence-corrected chi connectivity index (χ0v) is 42.6. The van der Waals surface area contributed by atoms with Gasteiger partial charge in [0.05, 0.1) is 0 Å². The van der Waals surface area contributed by atoms with Crippen LogP contribution >= 0.6 is 11.3 Å². The number of rotatable bonds is 13.